The molecule has 1 aliphatic carbocycles. The second kappa shape index (κ2) is 8.09. The number of alkyl halides is 4. The molecule has 1 aliphatic rings. The van der Waals surface area contributed by atoms with E-state index < -0.39 is 25.3 Å². The van der Waals surface area contributed by atoms with E-state index in [4.69, 9.17) is 0 Å². The van der Waals surface area contributed by atoms with Gasteiger partial charge in [0, 0.05) is 11.9 Å². The van der Waals surface area contributed by atoms with E-state index >= 15 is 0 Å². The van der Waals surface area contributed by atoms with Crippen LogP contribution in [0.2, 0.25) is 0 Å². The molecule has 1 fully saturated rings. The molecule has 1 amide bonds. The zero-order chi connectivity index (χ0) is 14.3. The van der Waals surface area contributed by atoms with Crippen LogP contribution in [0.3, 0.4) is 0 Å². The minimum Gasteiger partial charge on any atom is -0.362 e. The monoisotopic (exact) mass is 345 g/mol. The van der Waals surface area contributed by atoms with Crippen LogP contribution in [0.15, 0.2) is 0 Å². The van der Waals surface area contributed by atoms with Crippen LogP contribution in [0, 0.1) is 11.8 Å². The van der Waals surface area contributed by atoms with Crippen molar-refractivity contribution in [1.82, 2.24) is 5.32 Å². The second-order valence-electron chi connectivity index (χ2n) is 4.87. The topological polar surface area (TPSA) is 38.3 Å². The van der Waals surface area contributed by atoms with E-state index in [0.717, 1.165) is 24.6 Å². The number of rotatable bonds is 6. The Morgan fingerprint density at radius 2 is 1.89 bits per heavy atom. The maximum atomic E-state index is 11.8. The second-order valence-corrected chi connectivity index (χ2v) is 5.52. The first-order valence-corrected chi connectivity index (χ1v) is 7.51. The van der Waals surface area contributed by atoms with E-state index in [1.54, 1.807) is 0 Å². The summed E-state index contributed by atoms with van der Waals surface area (Å²) in [4.78, 5) is 11.4. The van der Waals surface area contributed by atoms with Crippen LogP contribution in [0.1, 0.15) is 25.7 Å². The lowest BCUT2D eigenvalue weighted by Gasteiger charge is -2.30. The third kappa shape index (κ3) is 7.15. The van der Waals surface area contributed by atoms with Crippen LogP contribution < -0.4 is 5.32 Å². The van der Waals surface area contributed by atoms with Crippen LogP contribution in [-0.4, -0.2) is 37.2 Å². The number of hydrogen-bond acceptors (Lipinski definition) is 2. The van der Waals surface area contributed by atoms with Crippen molar-refractivity contribution in [2.24, 2.45) is 11.8 Å². The van der Waals surface area contributed by atoms with Crippen molar-refractivity contribution in [1.29, 1.82) is 0 Å². The summed E-state index contributed by atoms with van der Waals surface area (Å²) in [5, 5.41) is 3.55. The summed E-state index contributed by atoms with van der Waals surface area (Å²) in [5.41, 5.74) is 0. The minimum absolute atomic E-state index is 0.402. The van der Waals surface area contributed by atoms with E-state index in [-0.39, 0.29) is 0 Å². The lowest BCUT2D eigenvalue weighted by molar-refractivity contribution is -0.175. The molecule has 0 aromatic rings. The molecule has 112 valence electrons. The molecular weight excluding hydrogens is 327 g/mol. The number of carbonyl (C=O) groups excluding carboxylic acids is 1. The van der Waals surface area contributed by atoms with Crippen molar-refractivity contribution in [3.63, 3.8) is 0 Å². The molecule has 0 aromatic heterocycles. The van der Waals surface area contributed by atoms with Crippen molar-refractivity contribution in [3.8, 4) is 0 Å². The molecule has 7 heteroatoms. The highest BCUT2D eigenvalue weighted by Crippen LogP contribution is 2.30. The summed E-state index contributed by atoms with van der Waals surface area (Å²) in [5.74, 6) is 0.452. The zero-order valence-electron chi connectivity index (χ0n) is 10.6. The van der Waals surface area contributed by atoms with Gasteiger partial charge in [-0.05, 0) is 24.7 Å². The van der Waals surface area contributed by atoms with Crippen LogP contribution in [0.25, 0.3) is 0 Å². The number of nitrogens with one attached hydrogen (secondary N) is 1. The predicted molar refractivity (Wildman–Crippen MR) is 69.1 cm³/mol. The summed E-state index contributed by atoms with van der Waals surface area (Å²) >= 11 is 3.46. The van der Waals surface area contributed by atoms with Gasteiger partial charge in [-0.25, -0.2) is 0 Å². The summed E-state index contributed by atoms with van der Waals surface area (Å²) in [6.07, 6.45) is 0.158. The number of hydrogen-bond donors (Lipinski definition) is 1. The van der Waals surface area contributed by atoms with Crippen LogP contribution in [0.4, 0.5) is 13.2 Å². The van der Waals surface area contributed by atoms with Crippen LogP contribution in [0.5, 0.6) is 0 Å². The molecule has 1 rings (SSSR count). The first-order chi connectivity index (χ1) is 8.92. The smallest absolute Gasteiger partial charge is 0.362 e. The Labute approximate surface area is 119 Å². The van der Waals surface area contributed by atoms with Crippen LogP contribution >= 0.6 is 15.9 Å². The summed E-state index contributed by atoms with van der Waals surface area (Å²) in [7, 11) is 0. The maximum absolute atomic E-state index is 11.8. The Bertz CT molecular complexity index is 287. The summed E-state index contributed by atoms with van der Waals surface area (Å²) < 4.78 is 39.8. The van der Waals surface area contributed by atoms with Gasteiger partial charge in [0.2, 0.25) is 5.91 Å². The van der Waals surface area contributed by atoms with Gasteiger partial charge < -0.3 is 10.1 Å². The molecule has 0 aromatic carbocycles. The number of carbonyl (C=O) groups is 1. The van der Waals surface area contributed by atoms with Gasteiger partial charge in [-0.3, -0.25) is 4.79 Å². The van der Waals surface area contributed by atoms with Gasteiger partial charge in [0.15, 0.2) is 0 Å². The maximum Gasteiger partial charge on any atom is 0.411 e. The van der Waals surface area contributed by atoms with Crippen molar-refractivity contribution >= 4 is 21.8 Å². The van der Waals surface area contributed by atoms with E-state index in [1.165, 1.54) is 6.42 Å². The minimum atomic E-state index is -4.38. The molecular formula is C12H19BrF3NO2. The molecule has 0 spiro atoms. The number of amides is 1. The molecule has 0 saturated heterocycles. The molecule has 3 nitrogen and oxygen atoms in total. The number of halogens is 4. The fraction of sp³-hybridized carbons (Fsp3) is 0.917. The predicted octanol–water partition coefficient (Wildman–Crippen LogP) is 2.88. The highest BCUT2D eigenvalue weighted by molar-refractivity contribution is 9.09. The summed E-state index contributed by atoms with van der Waals surface area (Å²) in [6, 6.07) is 0. The fourth-order valence-electron chi connectivity index (χ4n) is 2.31. The SMILES string of the molecule is O=C(COCC(F)(F)F)NCC1CCCCC1CBr. The Kier molecular flexibility index (Phi) is 7.13. The van der Waals surface area contributed by atoms with Gasteiger partial charge >= 0.3 is 6.18 Å². The first-order valence-electron chi connectivity index (χ1n) is 6.39. The molecule has 0 radical (unpaired) electrons. The van der Waals surface area contributed by atoms with Crippen molar-refractivity contribution in [2.45, 2.75) is 31.9 Å². The van der Waals surface area contributed by atoms with Crippen molar-refractivity contribution < 1.29 is 22.7 Å². The van der Waals surface area contributed by atoms with Crippen LogP contribution in [-0.2, 0) is 9.53 Å². The van der Waals surface area contributed by atoms with Gasteiger partial charge in [-0.2, -0.15) is 13.2 Å². The van der Waals surface area contributed by atoms with Gasteiger partial charge in [-0.1, -0.05) is 28.8 Å². The first kappa shape index (κ1) is 16.8. The normalized spacial score (nSPS) is 24.2. The standard InChI is InChI=1S/C12H19BrF3NO2/c13-5-9-3-1-2-4-10(9)6-17-11(18)7-19-8-12(14,15)16/h9-10H,1-8H2,(H,17,18). The Morgan fingerprint density at radius 3 is 2.47 bits per heavy atom. The lowest BCUT2D eigenvalue weighted by atomic mass is 9.80. The fourth-order valence-corrected chi connectivity index (χ4v) is 3.16. The van der Waals surface area contributed by atoms with Crippen molar-refractivity contribution in [3.05, 3.63) is 0 Å². The third-order valence-electron chi connectivity index (χ3n) is 3.32. The molecule has 19 heavy (non-hydrogen) atoms. The number of ether oxygens (including phenoxy) is 1. The Hall–Kier alpha value is -0.300. The molecule has 1 saturated carbocycles. The highest BCUT2D eigenvalue weighted by Gasteiger charge is 2.28. The van der Waals surface area contributed by atoms with Gasteiger partial charge in [-0.15, -0.1) is 0 Å². The van der Waals surface area contributed by atoms with Gasteiger partial charge in [0.25, 0.3) is 0 Å². The van der Waals surface area contributed by atoms with Crippen molar-refractivity contribution in [2.75, 3.05) is 25.1 Å². The quantitative estimate of drug-likeness (QED) is 0.751. The highest BCUT2D eigenvalue weighted by atomic mass is 79.9. The Balaban J connectivity index is 2.18. The van der Waals surface area contributed by atoms with E-state index in [2.05, 4.69) is 26.0 Å². The lowest BCUT2D eigenvalue weighted by Crippen LogP contribution is -2.37. The molecule has 1 N–H and O–H groups in total. The Morgan fingerprint density at radius 1 is 1.26 bits per heavy atom. The van der Waals surface area contributed by atoms with E-state index in [1.807, 2.05) is 0 Å². The van der Waals surface area contributed by atoms with Gasteiger partial charge in [0.1, 0.15) is 13.2 Å². The molecule has 0 bridgehead atoms. The van der Waals surface area contributed by atoms with E-state index in [0.29, 0.717) is 18.4 Å². The third-order valence-corrected chi connectivity index (χ3v) is 4.16. The zero-order valence-corrected chi connectivity index (χ0v) is 12.2. The molecule has 0 aliphatic heterocycles. The molecule has 2 atom stereocenters. The average molecular weight is 346 g/mol. The largest absolute Gasteiger partial charge is 0.411 e. The molecule has 0 heterocycles. The van der Waals surface area contributed by atoms with E-state index in [9.17, 15) is 18.0 Å². The van der Waals surface area contributed by atoms with Gasteiger partial charge in [0.05, 0.1) is 0 Å². The average Bonchev–Trinajstić information content (AvgIpc) is 2.35. The summed E-state index contributed by atoms with van der Waals surface area (Å²) in [6.45, 7) is -1.40. The molecule has 2 unspecified atom stereocenters.